The monoisotopic (exact) mass is 180 g/mol. The summed E-state index contributed by atoms with van der Waals surface area (Å²) in [5, 5.41) is 0. The minimum Gasteiger partial charge on any atom is -0.297 e. The summed E-state index contributed by atoms with van der Waals surface area (Å²) in [6, 6.07) is 1.56. The fraction of sp³-hybridized carbons (Fsp3) is 0.556. The first-order valence-electron chi connectivity index (χ1n) is 4.39. The Bertz CT molecular complexity index is 456. The van der Waals surface area contributed by atoms with Gasteiger partial charge in [-0.25, -0.2) is 4.79 Å². The van der Waals surface area contributed by atoms with Crippen LogP contribution < -0.4 is 11.2 Å². The number of fused-ring (bicyclic) bond motifs is 1. The van der Waals surface area contributed by atoms with Crippen molar-refractivity contribution in [1.82, 2.24) is 9.13 Å². The van der Waals surface area contributed by atoms with Crippen LogP contribution in [0, 0.1) is 5.92 Å². The molecule has 0 spiro atoms. The minimum atomic E-state index is -0.203. The van der Waals surface area contributed by atoms with Crippen molar-refractivity contribution in [2.45, 2.75) is 19.9 Å². The molecule has 0 amide bonds. The van der Waals surface area contributed by atoms with Crippen LogP contribution in [0.25, 0.3) is 0 Å². The number of nitrogens with zero attached hydrogens (tertiary/aromatic N) is 2. The topological polar surface area (TPSA) is 44.0 Å². The van der Waals surface area contributed by atoms with E-state index in [0.717, 1.165) is 23.2 Å². The van der Waals surface area contributed by atoms with E-state index in [4.69, 9.17) is 0 Å². The normalized spacial score (nSPS) is 20.3. The first-order valence-corrected chi connectivity index (χ1v) is 4.39. The SMILES string of the molecule is C[C@@H]1Cc2cc(=O)n(C)c(=O)n2C1. The van der Waals surface area contributed by atoms with Crippen LogP contribution in [0.15, 0.2) is 15.7 Å². The van der Waals surface area contributed by atoms with Crippen LogP contribution in [-0.2, 0) is 20.0 Å². The van der Waals surface area contributed by atoms with Gasteiger partial charge >= 0.3 is 5.69 Å². The number of rotatable bonds is 0. The van der Waals surface area contributed by atoms with Gasteiger partial charge in [0.1, 0.15) is 0 Å². The van der Waals surface area contributed by atoms with Crippen LogP contribution in [0.4, 0.5) is 0 Å². The molecule has 0 aromatic carbocycles. The maximum atomic E-state index is 11.6. The first kappa shape index (κ1) is 8.29. The van der Waals surface area contributed by atoms with E-state index in [1.165, 1.54) is 7.05 Å². The lowest BCUT2D eigenvalue weighted by Gasteiger charge is -2.03. The van der Waals surface area contributed by atoms with Crippen LogP contribution in [0.1, 0.15) is 12.6 Å². The van der Waals surface area contributed by atoms with Gasteiger partial charge in [-0.2, -0.15) is 0 Å². The summed E-state index contributed by atoms with van der Waals surface area (Å²) in [4.78, 5) is 22.8. The zero-order valence-corrected chi connectivity index (χ0v) is 7.78. The van der Waals surface area contributed by atoms with E-state index < -0.39 is 0 Å². The molecule has 2 heterocycles. The third-order valence-corrected chi connectivity index (χ3v) is 2.54. The molecule has 0 radical (unpaired) electrons. The molecule has 1 aromatic heterocycles. The third kappa shape index (κ3) is 1.13. The van der Waals surface area contributed by atoms with E-state index >= 15 is 0 Å². The second-order valence-electron chi connectivity index (χ2n) is 3.74. The molecule has 4 heteroatoms. The third-order valence-electron chi connectivity index (χ3n) is 2.54. The summed E-state index contributed by atoms with van der Waals surface area (Å²) in [6.07, 6.45) is 0.839. The molecule has 0 saturated carbocycles. The number of hydrogen-bond donors (Lipinski definition) is 0. The van der Waals surface area contributed by atoms with Gasteiger partial charge < -0.3 is 0 Å². The Morgan fingerprint density at radius 1 is 1.46 bits per heavy atom. The molecule has 13 heavy (non-hydrogen) atoms. The molecular weight excluding hydrogens is 168 g/mol. The minimum absolute atomic E-state index is 0.188. The Hall–Kier alpha value is -1.32. The van der Waals surface area contributed by atoms with Gasteiger partial charge in [0.2, 0.25) is 0 Å². The first-order chi connectivity index (χ1) is 6.09. The molecule has 0 saturated heterocycles. The molecule has 0 aliphatic carbocycles. The summed E-state index contributed by atoms with van der Waals surface area (Å²) in [5.41, 5.74) is 0.484. The van der Waals surface area contributed by atoms with Crippen molar-refractivity contribution in [2.75, 3.05) is 0 Å². The van der Waals surface area contributed by atoms with E-state index in [9.17, 15) is 9.59 Å². The molecule has 1 atom stereocenters. The van der Waals surface area contributed by atoms with Crippen LogP contribution in [-0.4, -0.2) is 9.13 Å². The summed E-state index contributed by atoms with van der Waals surface area (Å²) in [7, 11) is 1.51. The molecule has 1 aromatic rings. The summed E-state index contributed by atoms with van der Waals surface area (Å²) < 4.78 is 2.84. The van der Waals surface area contributed by atoms with E-state index in [-0.39, 0.29) is 11.2 Å². The fourth-order valence-electron chi connectivity index (χ4n) is 1.81. The van der Waals surface area contributed by atoms with Crippen molar-refractivity contribution in [2.24, 2.45) is 13.0 Å². The average molecular weight is 180 g/mol. The molecule has 70 valence electrons. The maximum Gasteiger partial charge on any atom is 0.330 e. The van der Waals surface area contributed by atoms with Crippen molar-refractivity contribution >= 4 is 0 Å². The van der Waals surface area contributed by atoms with E-state index in [1.807, 2.05) is 0 Å². The largest absolute Gasteiger partial charge is 0.330 e. The summed E-state index contributed by atoms with van der Waals surface area (Å²) in [5.74, 6) is 0.467. The molecule has 1 aliphatic heterocycles. The van der Waals surface area contributed by atoms with Gasteiger partial charge in [-0.3, -0.25) is 13.9 Å². The molecule has 2 rings (SSSR count). The Morgan fingerprint density at radius 3 is 2.85 bits per heavy atom. The predicted octanol–water partition coefficient (Wildman–Crippen LogP) is -0.261. The molecule has 4 nitrogen and oxygen atoms in total. The highest BCUT2D eigenvalue weighted by atomic mass is 16.2. The highest BCUT2D eigenvalue weighted by Crippen LogP contribution is 2.15. The van der Waals surface area contributed by atoms with Crippen molar-refractivity contribution < 1.29 is 0 Å². The summed E-state index contributed by atoms with van der Waals surface area (Å²) in [6.45, 7) is 2.82. The molecule has 0 bridgehead atoms. The predicted molar refractivity (Wildman–Crippen MR) is 48.8 cm³/mol. The van der Waals surface area contributed by atoms with Gasteiger partial charge in [0.15, 0.2) is 0 Å². The number of aromatic nitrogens is 2. The van der Waals surface area contributed by atoms with E-state index in [1.54, 1.807) is 10.6 Å². The lowest BCUT2D eigenvalue weighted by Crippen LogP contribution is -2.37. The smallest absolute Gasteiger partial charge is 0.297 e. The van der Waals surface area contributed by atoms with E-state index in [0.29, 0.717) is 5.92 Å². The van der Waals surface area contributed by atoms with Gasteiger partial charge in [0, 0.05) is 25.4 Å². The second-order valence-corrected chi connectivity index (χ2v) is 3.74. The maximum absolute atomic E-state index is 11.6. The van der Waals surface area contributed by atoms with Crippen molar-refractivity contribution in [1.29, 1.82) is 0 Å². The lowest BCUT2D eigenvalue weighted by atomic mass is 10.1. The van der Waals surface area contributed by atoms with Gasteiger partial charge in [-0.1, -0.05) is 6.92 Å². The highest BCUT2D eigenvalue weighted by Gasteiger charge is 2.19. The Kier molecular flexibility index (Phi) is 1.65. The van der Waals surface area contributed by atoms with Crippen LogP contribution >= 0.6 is 0 Å². The fourth-order valence-corrected chi connectivity index (χ4v) is 1.81. The van der Waals surface area contributed by atoms with Crippen LogP contribution in [0.3, 0.4) is 0 Å². The zero-order valence-electron chi connectivity index (χ0n) is 7.78. The summed E-state index contributed by atoms with van der Waals surface area (Å²) >= 11 is 0. The Labute approximate surface area is 75.4 Å². The van der Waals surface area contributed by atoms with Gasteiger partial charge in [0.05, 0.1) is 0 Å². The molecule has 0 N–H and O–H groups in total. The quantitative estimate of drug-likeness (QED) is 0.552. The van der Waals surface area contributed by atoms with Crippen molar-refractivity contribution in [3.8, 4) is 0 Å². The van der Waals surface area contributed by atoms with Crippen molar-refractivity contribution in [3.63, 3.8) is 0 Å². The average Bonchev–Trinajstić information content (AvgIpc) is 2.42. The highest BCUT2D eigenvalue weighted by molar-refractivity contribution is 5.07. The van der Waals surface area contributed by atoms with Gasteiger partial charge in [0.25, 0.3) is 5.56 Å². The van der Waals surface area contributed by atoms with Crippen LogP contribution in [0.5, 0.6) is 0 Å². The molecular formula is C9H12N2O2. The lowest BCUT2D eigenvalue weighted by molar-refractivity contribution is 0.537. The molecule has 0 unspecified atom stereocenters. The van der Waals surface area contributed by atoms with Crippen LogP contribution in [0.2, 0.25) is 0 Å². The van der Waals surface area contributed by atoms with E-state index in [2.05, 4.69) is 6.92 Å². The standard InChI is InChI=1S/C9H12N2O2/c1-6-3-7-4-8(12)10(2)9(13)11(7)5-6/h4,6H,3,5H2,1-2H3/t6-/m1/s1. The van der Waals surface area contributed by atoms with Gasteiger partial charge in [-0.15, -0.1) is 0 Å². The Morgan fingerprint density at radius 2 is 2.15 bits per heavy atom. The number of hydrogen-bond acceptors (Lipinski definition) is 2. The van der Waals surface area contributed by atoms with Gasteiger partial charge in [-0.05, 0) is 12.3 Å². The molecule has 0 fully saturated rings. The molecule has 1 aliphatic rings. The second kappa shape index (κ2) is 2.58. The van der Waals surface area contributed by atoms with Crippen molar-refractivity contribution in [3.05, 3.63) is 32.6 Å². The Balaban J connectivity index is 2.74. The zero-order chi connectivity index (χ0) is 9.59.